The largest absolute Gasteiger partial charge is 0.342 e. The van der Waals surface area contributed by atoms with Crippen LogP contribution in [0.3, 0.4) is 0 Å². The number of amides is 1. The number of aryl methyl sites for hydroxylation is 1. The Hall–Kier alpha value is -3.02. The SMILES string of the molecule is Cc1ccc(CCN2CC(c3noc(-c4ccccn4)n3)CC2=O)cc1. The summed E-state index contributed by atoms with van der Waals surface area (Å²) in [4.78, 5) is 22.9. The predicted molar refractivity (Wildman–Crippen MR) is 96.4 cm³/mol. The third-order valence-electron chi connectivity index (χ3n) is 4.70. The van der Waals surface area contributed by atoms with Gasteiger partial charge in [0.2, 0.25) is 5.91 Å². The number of pyridine rings is 1. The van der Waals surface area contributed by atoms with Crippen molar-refractivity contribution in [2.24, 2.45) is 0 Å². The van der Waals surface area contributed by atoms with Gasteiger partial charge in [-0.2, -0.15) is 4.98 Å². The van der Waals surface area contributed by atoms with Gasteiger partial charge in [-0.15, -0.1) is 0 Å². The van der Waals surface area contributed by atoms with E-state index in [0.29, 0.717) is 36.9 Å². The lowest BCUT2D eigenvalue weighted by molar-refractivity contribution is -0.127. The Balaban J connectivity index is 1.40. The van der Waals surface area contributed by atoms with E-state index in [0.717, 1.165) is 6.42 Å². The van der Waals surface area contributed by atoms with Crippen LogP contribution in [0.4, 0.5) is 0 Å². The van der Waals surface area contributed by atoms with Gasteiger partial charge in [0.15, 0.2) is 5.82 Å². The zero-order valence-electron chi connectivity index (χ0n) is 14.6. The van der Waals surface area contributed by atoms with E-state index < -0.39 is 0 Å². The van der Waals surface area contributed by atoms with E-state index in [1.165, 1.54) is 11.1 Å². The van der Waals surface area contributed by atoms with E-state index in [2.05, 4.69) is 46.3 Å². The Morgan fingerprint density at radius 2 is 2.04 bits per heavy atom. The van der Waals surface area contributed by atoms with E-state index >= 15 is 0 Å². The summed E-state index contributed by atoms with van der Waals surface area (Å²) < 4.78 is 5.32. The summed E-state index contributed by atoms with van der Waals surface area (Å²) in [5.74, 6) is 1.09. The molecular weight excluding hydrogens is 328 g/mol. The first-order valence-corrected chi connectivity index (χ1v) is 8.77. The third kappa shape index (κ3) is 3.49. The Morgan fingerprint density at radius 3 is 2.81 bits per heavy atom. The molecule has 4 rings (SSSR count). The van der Waals surface area contributed by atoms with Crippen LogP contribution in [-0.4, -0.2) is 39.0 Å². The van der Waals surface area contributed by atoms with Crippen molar-refractivity contribution in [3.8, 4) is 11.6 Å². The topological polar surface area (TPSA) is 72.1 Å². The molecule has 3 aromatic rings. The summed E-state index contributed by atoms with van der Waals surface area (Å²) in [6.45, 7) is 3.41. The van der Waals surface area contributed by atoms with Crippen molar-refractivity contribution in [3.63, 3.8) is 0 Å². The minimum Gasteiger partial charge on any atom is -0.342 e. The first-order valence-electron chi connectivity index (χ1n) is 8.77. The summed E-state index contributed by atoms with van der Waals surface area (Å²) in [5.41, 5.74) is 3.13. The van der Waals surface area contributed by atoms with Gasteiger partial charge in [0.25, 0.3) is 5.89 Å². The predicted octanol–water partition coefficient (Wildman–Crippen LogP) is 3.00. The molecule has 1 saturated heterocycles. The maximum Gasteiger partial charge on any atom is 0.276 e. The normalized spacial score (nSPS) is 17.0. The van der Waals surface area contributed by atoms with Gasteiger partial charge in [-0.1, -0.05) is 41.1 Å². The first-order chi connectivity index (χ1) is 12.7. The molecule has 1 amide bonds. The van der Waals surface area contributed by atoms with Crippen LogP contribution in [0, 0.1) is 6.92 Å². The number of nitrogens with zero attached hydrogens (tertiary/aromatic N) is 4. The lowest BCUT2D eigenvalue weighted by Gasteiger charge is -2.16. The Kier molecular flexibility index (Phi) is 4.48. The van der Waals surface area contributed by atoms with Crippen LogP contribution < -0.4 is 0 Å². The van der Waals surface area contributed by atoms with Crippen LogP contribution in [0.15, 0.2) is 53.2 Å². The van der Waals surface area contributed by atoms with Gasteiger partial charge in [0.1, 0.15) is 5.69 Å². The van der Waals surface area contributed by atoms with Crippen molar-refractivity contribution in [2.45, 2.75) is 25.7 Å². The van der Waals surface area contributed by atoms with Crippen molar-refractivity contribution in [2.75, 3.05) is 13.1 Å². The summed E-state index contributed by atoms with van der Waals surface area (Å²) in [5, 5.41) is 4.07. The number of carbonyl (C=O) groups excluding carboxylic acids is 1. The first kappa shape index (κ1) is 16.4. The van der Waals surface area contributed by atoms with Gasteiger partial charge in [0, 0.05) is 31.6 Å². The summed E-state index contributed by atoms with van der Waals surface area (Å²) in [7, 11) is 0. The molecule has 1 atom stereocenters. The Labute approximate surface area is 151 Å². The van der Waals surface area contributed by atoms with Gasteiger partial charge in [-0.3, -0.25) is 9.78 Å². The number of hydrogen-bond donors (Lipinski definition) is 0. The van der Waals surface area contributed by atoms with E-state index in [9.17, 15) is 4.79 Å². The fraction of sp³-hybridized carbons (Fsp3) is 0.300. The summed E-state index contributed by atoms with van der Waals surface area (Å²) in [6.07, 6.45) is 2.96. The molecule has 0 saturated carbocycles. The van der Waals surface area contributed by atoms with Crippen LogP contribution in [0.25, 0.3) is 11.6 Å². The van der Waals surface area contributed by atoms with Crippen molar-refractivity contribution in [3.05, 3.63) is 65.6 Å². The Bertz CT molecular complexity index is 890. The van der Waals surface area contributed by atoms with Gasteiger partial charge >= 0.3 is 0 Å². The van der Waals surface area contributed by atoms with Gasteiger partial charge < -0.3 is 9.42 Å². The van der Waals surface area contributed by atoms with E-state index in [1.54, 1.807) is 6.20 Å². The van der Waals surface area contributed by atoms with Crippen molar-refractivity contribution in [1.82, 2.24) is 20.0 Å². The second kappa shape index (κ2) is 7.07. The Morgan fingerprint density at radius 1 is 1.19 bits per heavy atom. The molecule has 6 heteroatoms. The molecule has 0 radical (unpaired) electrons. The highest BCUT2D eigenvalue weighted by Gasteiger charge is 2.33. The molecule has 1 aromatic carbocycles. The molecule has 0 N–H and O–H groups in total. The maximum absolute atomic E-state index is 12.3. The smallest absolute Gasteiger partial charge is 0.276 e. The van der Waals surface area contributed by atoms with Gasteiger partial charge in [0.05, 0.1) is 0 Å². The highest BCUT2D eigenvalue weighted by Crippen LogP contribution is 2.27. The van der Waals surface area contributed by atoms with Crippen molar-refractivity contribution in [1.29, 1.82) is 0 Å². The molecule has 0 aliphatic carbocycles. The molecule has 132 valence electrons. The van der Waals surface area contributed by atoms with Crippen LogP contribution in [0.5, 0.6) is 0 Å². The van der Waals surface area contributed by atoms with Crippen molar-refractivity contribution >= 4 is 5.91 Å². The number of aromatic nitrogens is 3. The molecular formula is C20H20N4O2. The molecule has 0 spiro atoms. The van der Waals surface area contributed by atoms with Gasteiger partial charge in [-0.05, 0) is 31.0 Å². The minimum absolute atomic E-state index is 0.0262. The monoisotopic (exact) mass is 348 g/mol. The number of likely N-dealkylation sites (tertiary alicyclic amines) is 1. The molecule has 1 aliphatic heterocycles. The highest BCUT2D eigenvalue weighted by atomic mass is 16.5. The molecule has 6 nitrogen and oxygen atoms in total. The third-order valence-corrected chi connectivity index (χ3v) is 4.70. The molecule has 0 bridgehead atoms. The second-order valence-electron chi connectivity index (χ2n) is 6.65. The number of benzene rings is 1. The molecule has 1 unspecified atom stereocenters. The van der Waals surface area contributed by atoms with Crippen LogP contribution in [0.1, 0.15) is 29.3 Å². The van der Waals surface area contributed by atoms with Crippen LogP contribution in [-0.2, 0) is 11.2 Å². The van der Waals surface area contributed by atoms with E-state index in [4.69, 9.17) is 4.52 Å². The van der Waals surface area contributed by atoms with Crippen LogP contribution in [0.2, 0.25) is 0 Å². The average molecular weight is 348 g/mol. The summed E-state index contributed by atoms with van der Waals surface area (Å²) >= 11 is 0. The summed E-state index contributed by atoms with van der Waals surface area (Å²) in [6, 6.07) is 14.0. The fourth-order valence-electron chi connectivity index (χ4n) is 3.17. The lowest BCUT2D eigenvalue weighted by atomic mass is 10.1. The second-order valence-corrected chi connectivity index (χ2v) is 6.65. The molecule has 1 fully saturated rings. The average Bonchev–Trinajstić information content (AvgIpc) is 3.29. The van der Waals surface area contributed by atoms with Crippen molar-refractivity contribution < 1.29 is 9.32 Å². The van der Waals surface area contributed by atoms with E-state index in [-0.39, 0.29) is 11.8 Å². The zero-order valence-corrected chi connectivity index (χ0v) is 14.6. The molecule has 3 heterocycles. The van der Waals surface area contributed by atoms with Crippen LogP contribution >= 0.6 is 0 Å². The molecule has 26 heavy (non-hydrogen) atoms. The zero-order chi connectivity index (χ0) is 17.9. The number of hydrogen-bond acceptors (Lipinski definition) is 5. The van der Waals surface area contributed by atoms with E-state index in [1.807, 2.05) is 23.1 Å². The molecule has 2 aromatic heterocycles. The highest BCUT2D eigenvalue weighted by molar-refractivity contribution is 5.79. The lowest BCUT2D eigenvalue weighted by Crippen LogP contribution is -2.27. The standard InChI is InChI=1S/C20H20N4O2/c1-14-5-7-15(8-6-14)9-11-24-13-16(12-18(24)25)19-22-20(26-23-19)17-4-2-3-10-21-17/h2-8,10,16H,9,11-13H2,1H3. The molecule has 1 aliphatic rings. The minimum atomic E-state index is -0.0262. The fourth-order valence-corrected chi connectivity index (χ4v) is 3.17. The number of carbonyl (C=O) groups is 1. The van der Waals surface area contributed by atoms with Gasteiger partial charge in [-0.25, -0.2) is 0 Å². The maximum atomic E-state index is 12.3. The number of rotatable bonds is 5. The quantitative estimate of drug-likeness (QED) is 0.709.